The number of esters is 1. The third kappa shape index (κ3) is 5.56. The van der Waals surface area contributed by atoms with Crippen LogP contribution in [-0.2, 0) is 19.6 Å². The number of nitrogens with zero attached hydrogens (tertiary/aromatic N) is 1. The topological polar surface area (TPSA) is 92.8 Å². The summed E-state index contributed by atoms with van der Waals surface area (Å²) in [7, 11) is -0.994. The minimum Gasteiger partial charge on any atom is -0.452 e. The monoisotopic (exact) mass is 438 g/mol. The normalized spacial score (nSPS) is 11.6. The van der Waals surface area contributed by atoms with Crippen LogP contribution in [-0.4, -0.2) is 45.3 Å². The lowest BCUT2D eigenvalue weighted by atomic mass is 10.0. The summed E-state index contributed by atoms with van der Waals surface area (Å²) in [6.45, 7) is 3.47. The summed E-state index contributed by atoms with van der Waals surface area (Å²) in [6.07, 6.45) is 0. The quantitative estimate of drug-likeness (QED) is 0.668. The Morgan fingerprint density at radius 2 is 1.79 bits per heavy atom. The number of benzene rings is 2. The number of anilines is 1. The number of carbonyl (C=O) groups excluding carboxylic acids is 2. The summed E-state index contributed by atoms with van der Waals surface area (Å²) in [4.78, 5) is 24.4. The molecular formula is C20H23ClN2O5S. The molecule has 0 fully saturated rings. The standard InChI is InChI=1S/C20H23ClN2O5S/c1-13(2)15-7-5-6-8-18(15)22-19(24)12-28-20(25)16-11-14(9-10-17(16)21)29(26,27)23(3)4/h5-11,13H,12H2,1-4H3,(H,22,24). The second-order valence-corrected chi connectivity index (χ2v) is 9.35. The third-order valence-corrected chi connectivity index (χ3v) is 6.27. The van der Waals surface area contributed by atoms with Gasteiger partial charge in [-0.05, 0) is 35.7 Å². The van der Waals surface area contributed by atoms with Crippen LogP contribution < -0.4 is 5.32 Å². The fraction of sp³-hybridized carbons (Fsp3) is 0.300. The van der Waals surface area contributed by atoms with Crippen molar-refractivity contribution in [1.29, 1.82) is 0 Å². The van der Waals surface area contributed by atoms with Crippen LogP contribution in [0.2, 0.25) is 5.02 Å². The van der Waals surface area contributed by atoms with Gasteiger partial charge in [0, 0.05) is 19.8 Å². The highest BCUT2D eigenvalue weighted by Gasteiger charge is 2.22. The summed E-state index contributed by atoms with van der Waals surface area (Å²) in [5.74, 6) is -1.20. The maximum Gasteiger partial charge on any atom is 0.340 e. The molecule has 29 heavy (non-hydrogen) atoms. The average molecular weight is 439 g/mol. The van der Waals surface area contributed by atoms with Crippen molar-refractivity contribution in [3.05, 3.63) is 58.6 Å². The fourth-order valence-electron chi connectivity index (χ4n) is 2.54. The lowest BCUT2D eigenvalue weighted by Gasteiger charge is -2.14. The van der Waals surface area contributed by atoms with Crippen molar-refractivity contribution >= 4 is 39.2 Å². The maximum atomic E-state index is 12.4. The van der Waals surface area contributed by atoms with Crippen LogP contribution in [0.5, 0.6) is 0 Å². The van der Waals surface area contributed by atoms with Gasteiger partial charge >= 0.3 is 5.97 Å². The van der Waals surface area contributed by atoms with E-state index in [2.05, 4.69) is 5.32 Å². The Bertz CT molecular complexity index is 1020. The SMILES string of the molecule is CC(C)c1ccccc1NC(=O)COC(=O)c1cc(S(=O)(=O)N(C)C)ccc1Cl. The summed E-state index contributed by atoms with van der Waals surface area (Å²) in [5.41, 5.74) is 1.46. The van der Waals surface area contributed by atoms with Gasteiger partial charge in [-0.25, -0.2) is 17.5 Å². The number of nitrogens with one attached hydrogen (secondary N) is 1. The number of amides is 1. The van der Waals surface area contributed by atoms with Gasteiger partial charge in [0.25, 0.3) is 5.91 Å². The minimum absolute atomic E-state index is 0.0262. The van der Waals surface area contributed by atoms with E-state index in [4.69, 9.17) is 16.3 Å². The first-order valence-electron chi connectivity index (χ1n) is 8.82. The van der Waals surface area contributed by atoms with Crippen LogP contribution in [0.3, 0.4) is 0 Å². The molecule has 0 saturated heterocycles. The number of hydrogen-bond donors (Lipinski definition) is 1. The minimum atomic E-state index is -3.75. The van der Waals surface area contributed by atoms with Crippen molar-refractivity contribution in [2.24, 2.45) is 0 Å². The molecule has 0 bridgehead atoms. The van der Waals surface area contributed by atoms with Crippen LogP contribution >= 0.6 is 11.6 Å². The summed E-state index contributed by atoms with van der Waals surface area (Å²) in [5, 5.41) is 2.74. The first-order valence-corrected chi connectivity index (χ1v) is 10.6. The van der Waals surface area contributed by atoms with Gasteiger partial charge in [0.1, 0.15) is 0 Å². The largest absolute Gasteiger partial charge is 0.452 e. The molecule has 2 aromatic carbocycles. The Balaban J connectivity index is 2.11. The summed E-state index contributed by atoms with van der Waals surface area (Å²) >= 11 is 6.01. The molecule has 0 aliphatic carbocycles. The Morgan fingerprint density at radius 3 is 2.41 bits per heavy atom. The zero-order valence-electron chi connectivity index (χ0n) is 16.6. The lowest BCUT2D eigenvalue weighted by Crippen LogP contribution is -2.23. The number of halogens is 1. The van der Waals surface area contributed by atoms with Gasteiger partial charge in [-0.3, -0.25) is 4.79 Å². The highest BCUT2D eigenvalue weighted by Crippen LogP contribution is 2.24. The first-order chi connectivity index (χ1) is 13.5. The van der Waals surface area contributed by atoms with Crippen molar-refractivity contribution in [3.63, 3.8) is 0 Å². The lowest BCUT2D eigenvalue weighted by molar-refractivity contribution is -0.119. The molecule has 1 N–H and O–H groups in total. The number of para-hydroxylation sites is 1. The van der Waals surface area contributed by atoms with E-state index in [1.165, 1.54) is 26.2 Å². The number of hydrogen-bond acceptors (Lipinski definition) is 5. The van der Waals surface area contributed by atoms with E-state index in [1.54, 1.807) is 12.1 Å². The van der Waals surface area contributed by atoms with Crippen molar-refractivity contribution in [2.45, 2.75) is 24.7 Å². The van der Waals surface area contributed by atoms with Gasteiger partial charge in [-0.1, -0.05) is 43.6 Å². The van der Waals surface area contributed by atoms with Crippen molar-refractivity contribution < 1.29 is 22.7 Å². The van der Waals surface area contributed by atoms with Crippen LogP contribution in [0.15, 0.2) is 47.4 Å². The van der Waals surface area contributed by atoms with Crippen molar-refractivity contribution in [2.75, 3.05) is 26.0 Å². The van der Waals surface area contributed by atoms with Gasteiger partial charge in [-0.2, -0.15) is 0 Å². The summed E-state index contributed by atoms with van der Waals surface area (Å²) < 4.78 is 30.5. The highest BCUT2D eigenvalue weighted by atomic mass is 35.5. The number of rotatable bonds is 7. The van der Waals surface area contributed by atoms with E-state index >= 15 is 0 Å². The molecule has 2 rings (SSSR count). The number of carbonyl (C=O) groups is 2. The molecule has 9 heteroatoms. The molecule has 0 atom stereocenters. The molecule has 0 aliphatic heterocycles. The molecule has 0 aromatic heterocycles. The predicted molar refractivity (Wildman–Crippen MR) is 112 cm³/mol. The molecular weight excluding hydrogens is 416 g/mol. The van der Waals surface area contributed by atoms with Crippen LogP contribution in [0.4, 0.5) is 5.69 Å². The van der Waals surface area contributed by atoms with Crippen LogP contribution in [0, 0.1) is 0 Å². The van der Waals surface area contributed by atoms with Crippen LogP contribution in [0.25, 0.3) is 0 Å². The molecule has 0 aliphatic rings. The van der Waals surface area contributed by atoms with E-state index in [1.807, 2.05) is 26.0 Å². The van der Waals surface area contributed by atoms with Crippen LogP contribution in [0.1, 0.15) is 35.7 Å². The second kappa shape index (κ2) is 9.39. The maximum absolute atomic E-state index is 12.4. The van der Waals surface area contributed by atoms with E-state index in [0.717, 1.165) is 15.9 Å². The zero-order valence-corrected chi connectivity index (χ0v) is 18.2. The third-order valence-electron chi connectivity index (χ3n) is 4.13. The van der Waals surface area contributed by atoms with E-state index in [-0.39, 0.29) is 21.4 Å². The van der Waals surface area contributed by atoms with Crippen molar-refractivity contribution in [1.82, 2.24) is 4.31 Å². The van der Waals surface area contributed by atoms with Gasteiger partial charge in [-0.15, -0.1) is 0 Å². The molecule has 0 saturated carbocycles. The van der Waals surface area contributed by atoms with E-state index < -0.39 is 28.5 Å². The molecule has 2 aromatic rings. The van der Waals surface area contributed by atoms with Gasteiger partial charge < -0.3 is 10.1 Å². The van der Waals surface area contributed by atoms with E-state index in [0.29, 0.717) is 5.69 Å². The summed E-state index contributed by atoms with van der Waals surface area (Å²) in [6, 6.07) is 11.1. The molecule has 1 amide bonds. The molecule has 0 radical (unpaired) electrons. The fourth-order valence-corrected chi connectivity index (χ4v) is 3.66. The molecule has 0 unspecified atom stereocenters. The van der Waals surface area contributed by atoms with E-state index in [9.17, 15) is 18.0 Å². The van der Waals surface area contributed by atoms with Gasteiger partial charge in [0.2, 0.25) is 10.0 Å². The average Bonchev–Trinajstić information content (AvgIpc) is 2.66. The molecule has 0 heterocycles. The van der Waals surface area contributed by atoms with Gasteiger partial charge in [0.05, 0.1) is 15.5 Å². The Labute approximate surface area is 175 Å². The molecule has 0 spiro atoms. The number of ether oxygens (including phenoxy) is 1. The molecule has 7 nitrogen and oxygen atoms in total. The Kier molecular flexibility index (Phi) is 7.40. The van der Waals surface area contributed by atoms with Crippen molar-refractivity contribution in [3.8, 4) is 0 Å². The number of sulfonamides is 1. The molecule has 156 valence electrons. The smallest absolute Gasteiger partial charge is 0.340 e. The zero-order chi connectivity index (χ0) is 21.8. The predicted octanol–water partition coefficient (Wildman–Crippen LogP) is 3.51. The highest BCUT2D eigenvalue weighted by molar-refractivity contribution is 7.89. The Morgan fingerprint density at radius 1 is 1.14 bits per heavy atom. The second-order valence-electron chi connectivity index (χ2n) is 6.80. The first kappa shape index (κ1) is 22.9. The van der Waals surface area contributed by atoms with Gasteiger partial charge in [0.15, 0.2) is 6.61 Å². The Hall–Kier alpha value is -2.42.